The van der Waals surface area contributed by atoms with Gasteiger partial charge in [-0.2, -0.15) is 0 Å². The van der Waals surface area contributed by atoms with Crippen molar-refractivity contribution < 1.29 is 14.4 Å². The van der Waals surface area contributed by atoms with Gasteiger partial charge < -0.3 is 20.9 Å². The molecule has 0 spiro atoms. The molecule has 1 aromatic rings. The van der Waals surface area contributed by atoms with E-state index in [0.717, 1.165) is 51.4 Å². The number of piperazine rings is 1. The van der Waals surface area contributed by atoms with Crippen molar-refractivity contribution in [3.05, 3.63) is 29.3 Å². The number of nitrogens with zero attached hydrogens (tertiary/aromatic N) is 1. The number of fused-ring (bicyclic) bond motifs is 1. The average molecular weight is 447 g/mol. The van der Waals surface area contributed by atoms with Crippen LogP contribution in [0, 0.1) is 0 Å². The monoisotopic (exact) mass is 446 g/mol. The number of nitrogens with one attached hydrogen (secondary N) is 3. The van der Waals surface area contributed by atoms with Gasteiger partial charge in [0.25, 0.3) is 0 Å². The van der Waals surface area contributed by atoms with Crippen molar-refractivity contribution in [2.75, 3.05) is 5.32 Å². The second-order valence-electron chi connectivity index (χ2n) is 8.93. The Morgan fingerprint density at radius 3 is 2.42 bits per heavy atom. The van der Waals surface area contributed by atoms with Crippen molar-refractivity contribution in [2.24, 2.45) is 0 Å². The van der Waals surface area contributed by atoms with Gasteiger partial charge in [-0.05, 0) is 49.9 Å². The van der Waals surface area contributed by atoms with E-state index in [1.807, 2.05) is 0 Å². The predicted octanol–water partition coefficient (Wildman–Crippen LogP) is 3.82. The number of urea groups is 1. The van der Waals surface area contributed by atoms with E-state index in [9.17, 15) is 14.4 Å². The van der Waals surface area contributed by atoms with Gasteiger partial charge in [-0.1, -0.05) is 43.7 Å². The topological polar surface area (TPSA) is 90.5 Å². The van der Waals surface area contributed by atoms with E-state index in [1.165, 1.54) is 6.42 Å². The molecule has 7 nitrogen and oxygen atoms in total. The van der Waals surface area contributed by atoms with Gasteiger partial charge in [0, 0.05) is 22.8 Å². The second kappa shape index (κ2) is 9.90. The summed E-state index contributed by atoms with van der Waals surface area (Å²) < 4.78 is 0. The summed E-state index contributed by atoms with van der Waals surface area (Å²) in [6.07, 6.45) is 9.09. The van der Waals surface area contributed by atoms with Crippen LogP contribution in [-0.4, -0.2) is 46.9 Å². The van der Waals surface area contributed by atoms with Crippen molar-refractivity contribution in [2.45, 2.75) is 88.4 Å². The molecule has 4 amide bonds. The Morgan fingerprint density at radius 1 is 1.00 bits per heavy atom. The van der Waals surface area contributed by atoms with E-state index in [-0.39, 0.29) is 42.4 Å². The summed E-state index contributed by atoms with van der Waals surface area (Å²) in [5.74, 6) is -0.541. The van der Waals surface area contributed by atoms with Gasteiger partial charge >= 0.3 is 6.03 Å². The number of rotatable bonds is 4. The maximum Gasteiger partial charge on any atom is 0.318 e. The molecule has 3 N–H and O–H groups in total. The highest BCUT2D eigenvalue weighted by Crippen LogP contribution is 2.30. The van der Waals surface area contributed by atoms with E-state index in [4.69, 9.17) is 11.6 Å². The minimum absolute atomic E-state index is 0.0334. The molecule has 2 saturated carbocycles. The lowest BCUT2D eigenvalue weighted by Gasteiger charge is -2.48. The average Bonchev–Trinajstić information content (AvgIpc) is 2.76. The highest BCUT2D eigenvalue weighted by Gasteiger charge is 2.46. The zero-order valence-electron chi connectivity index (χ0n) is 17.7. The molecule has 0 bridgehead atoms. The number of amides is 4. The van der Waals surface area contributed by atoms with Crippen molar-refractivity contribution >= 4 is 35.1 Å². The molecular weight excluding hydrogens is 416 g/mol. The first-order valence-electron chi connectivity index (χ1n) is 11.5. The zero-order valence-corrected chi connectivity index (χ0v) is 18.5. The maximum absolute atomic E-state index is 13.3. The summed E-state index contributed by atoms with van der Waals surface area (Å²) in [5, 5.41) is 9.63. The van der Waals surface area contributed by atoms with Crippen LogP contribution in [0.2, 0.25) is 5.02 Å². The summed E-state index contributed by atoms with van der Waals surface area (Å²) in [6.45, 7) is 0. The molecule has 0 radical (unpaired) electrons. The number of carbonyl (C=O) groups is 3. The fourth-order valence-corrected chi connectivity index (χ4v) is 5.28. The molecule has 3 aliphatic rings. The molecule has 0 aromatic heterocycles. The highest BCUT2D eigenvalue weighted by atomic mass is 35.5. The summed E-state index contributed by atoms with van der Waals surface area (Å²) in [5.41, 5.74) is 0.611. The molecule has 3 fully saturated rings. The Hall–Kier alpha value is -2.28. The first kappa shape index (κ1) is 21.9. The van der Waals surface area contributed by atoms with E-state index in [0.29, 0.717) is 10.7 Å². The minimum atomic E-state index is -0.810. The second-order valence-corrected chi connectivity index (χ2v) is 9.37. The fourth-order valence-electron chi connectivity index (χ4n) is 5.15. The van der Waals surface area contributed by atoms with E-state index >= 15 is 0 Å². The van der Waals surface area contributed by atoms with Crippen molar-refractivity contribution in [3.63, 3.8) is 0 Å². The SMILES string of the molecule is O=C(C[C@@H]1C(=O)N[C@H]2CCCC[C@H]2N1C(=O)NC1CCCCC1)Nc1ccc(Cl)cc1. The first-order valence-corrected chi connectivity index (χ1v) is 11.8. The third kappa shape index (κ3) is 5.32. The van der Waals surface area contributed by atoms with E-state index in [2.05, 4.69) is 16.0 Å². The van der Waals surface area contributed by atoms with Crippen molar-refractivity contribution in [3.8, 4) is 0 Å². The fraction of sp³-hybridized carbons (Fsp3) is 0.609. The molecule has 4 rings (SSSR count). The molecule has 1 aliphatic heterocycles. The van der Waals surface area contributed by atoms with Crippen LogP contribution >= 0.6 is 11.6 Å². The van der Waals surface area contributed by atoms with Crippen LogP contribution in [0.1, 0.15) is 64.2 Å². The van der Waals surface area contributed by atoms with Gasteiger partial charge in [0.2, 0.25) is 11.8 Å². The number of anilines is 1. The van der Waals surface area contributed by atoms with Crippen LogP contribution < -0.4 is 16.0 Å². The van der Waals surface area contributed by atoms with Gasteiger partial charge in [-0.15, -0.1) is 0 Å². The van der Waals surface area contributed by atoms with Crippen LogP contribution in [-0.2, 0) is 9.59 Å². The minimum Gasteiger partial charge on any atom is -0.349 e. The molecule has 0 unspecified atom stereocenters. The number of hydrogen-bond donors (Lipinski definition) is 3. The summed E-state index contributed by atoms with van der Waals surface area (Å²) >= 11 is 5.91. The van der Waals surface area contributed by atoms with Crippen molar-refractivity contribution in [1.29, 1.82) is 0 Å². The van der Waals surface area contributed by atoms with E-state index in [1.54, 1.807) is 29.2 Å². The van der Waals surface area contributed by atoms with Crippen LogP contribution in [0.25, 0.3) is 0 Å². The Kier molecular flexibility index (Phi) is 7.00. The molecule has 2 aliphatic carbocycles. The molecule has 31 heavy (non-hydrogen) atoms. The Balaban J connectivity index is 1.49. The Labute approximate surface area is 188 Å². The lowest BCUT2D eigenvalue weighted by Crippen LogP contribution is -2.69. The predicted molar refractivity (Wildman–Crippen MR) is 120 cm³/mol. The van der Waals surface area contributed by atoms with Crippen LogP contribution in [0.15, 0.2) is 24.3 Å². The largest absolute Gasteiger partial charge is 0.349 e. The number of benzene rings is 1. The molecule has 8 heteroatoms. The maximum atomic E-state index is 13.3. The summed E-state index contributed by atoms with van der Waals surface area (Å²) in [4.78, 5) is 40.7. The first-order chi connectivity index (χ1) is 15.0. The molecule has 1 saturated heterocycles. The van der Waals surface area contributed by atoms with Crippen LogP contribution in [0.5, 0.6) is 0 Å². The van der Waals surface area contributed by atoms with E-state index < -0.39 is 6.04 Å². The summed E-state index contributed by atoms with van der Waals surface area (Å²) in [7, 11) is 0. The van der Waals surface area contributed by atoms with Gasteiger partial charge in [-0.25, -0.2) is 4.79 Å². The highest BCUT2D eigenvalue weighted by molar-refractivity contribution is 6.30. The summed E-state index contributed by atoms with van der Waals surface area (Å²) in [6, 6.07) is 5.85. The molecule has 1 heterocycles. The standard InChI is InChI=1S/C23H31ClN4O3/c24-15-10-12-17(13-11-15)25-21(29)14-20-22(30)27-18-8-4-5-9-19(18)28(20)23(31)26-16-6-2-1-3-7-16/h10-13,16,18-20H,1-9,14H2,(H,25,29)(H,26,31)(H,27,30)/t18-,19+,20+/m0/s1. The lowest BCUT2D eigenvalue weighted by atomic mass is 9.85. The number of halogens is 1. The number of hydrogen-bond acceptors (Lipinski definition) is 3. The van der Waals surface area contributed by atoms with Gasteiger partial charge in [0.05, 0.1) is 12.5 Å². The number of carbonyl (C=O) groups excluding carboxylic acids is 3. The Morgan fingerprint density at radius 2 is 1.68 bits per heavy atom. The normalized spacial score (nSPS) is 26.5. The Bertz CT molecular complexity index is 810. The quantitative estimate of drug-likeness (QED) is 0.656. The van der Waals surface area contributed by atoms with Crippen molar-refractivity contribution in [1.82, 2.24) is 15.5 Å². The molecule has 168 valence electrons. The molecular formula is C23H31ClN4O3. The van der Waals surface area contributed by atoms with Gasteiger partial charge in [-0.3, -0.25) is 9.59 Å². The molecule has 3 atom stereocenters. The third-order valence-corrected chi connectivity index (χ3v) is 6.98. The zero-order chi connectivity index (χ0) is 21.8. The van der Waals surface area contributed by atoms with Gasteiger partial charge in [0.1, 0.15) is 6.04 Å². The van der Waals surface area contributed by atoms with Crippen LogP contribution in [0.3, 0.4) is 0 Å². The third-order valence-electron chi connectivity index (χ3n) is 6.73. The lowest BCUT2D eigenvalue weighted by molar-refractivity contribution is -0.135. The molecule has 1 aromatic carbocycles. The smallest absolute Gasteiger partial charge is 0.318 e. The van der Waals surface area contributed by atoms with Crippen LogP contribution in [0.4, 0.5) is 10.5 Å². The van der Waals surface area contributed by atoms with Gasteiger partial charge in [0.15, 0.2) is 0 Å².